The SMILES string of the molecule is CCOC(=O)c1c[nH]c(=O)c(C(CC(=O)NCc2ccc(OC)cc2)c2ccc(OC)cc2)c1O. The molecule has 1 aromatic heterocycles. The van der Waals surface area contributed by atoms with Gasteiger partial charge in [0.25, 0.3) is 5.56 Å². The largest absolute Gasteiger partial charge is 0.506 e. The Kier molecular flexibility index (Phi) is 8.50. The van der Waals surface area contributed by atoms with Crippen molar-refractivity contribution in [1.29, 1.82) is 0 Å². The number of aromatic hydroxyl groups is 1. The van der Waals surface area contributed by atoms with E-state index in [4.69, 9.17) is 14.2 Å². The molecule has 2 aromatic carbocycles. The summed E-state index contributed by atoms with van der Waals surface area (Å²) in [6.07, 6.45) is 0.958. The first kappa shape index (κ1) is 25.4. The number of hydrogen-bond acceptors (Lipinski definition) is 7. The zero-order chi connectivity index (χ0) is 25.4. The van der Waals surface area contributed by atoms with Crippen molar-refractivity contribution in [2.45, 2.75) is 25.8 Å². The Hall–Kier alpha value is -4.27. The van der Waals surface area contributed by atoms with Crippen LogP contribution in [-0.2, 0) is 16.1 Å². The number of H-pyrrole nitrogens is 1. The lowest BCUT2D eigenvalue weighted by molar-refractivity contribution is -0.121. The minimum Gasteiger partial charge on any atom is -0.506 e. The molecule has 1 heterocycles. The molecule has 35 heavy (non-hydrogen) atoms. The lowest BCUT2D eigenvalue weighted by Crippen LogP contribution is -2.27. The van der Waals surface area contributed by atoms with Gasteiger partial charge in [-0.05, 0) is 42.3 Å². The smallest absolute Gasteiger partial charge is 0.343 e. The molecule has 3 rings (SSSR count). The van der Waals surface area contributed by atoms with Crippen LogP contribution in [-0.4, -0.2) is 42.8 Å². The molecule has 1 amide bonds. The first-order valence-electron chi connectivity index (χ1n) is 11.0. The van der Waals surface area contributed by atoms with Gasteiger partial charge in [0.1, 0.15) is 22.8 Å². The summed E-state index contributed by atoms with van der Waals surface area (Å²) in [6.45, 7) is 2.00. The van der Waals surface area contributed by atoms with Crippen molar-refractivity contribution in [1.82, 2.24) is 10.3 Å². The Morgan fingerprint density at radius 3 is 2.17 bits per heavy atom. The monoisotopic (exact) mass is 480 g/mol. The van der Waals surface area contributed by atoms with Crippen LogP contribution in [0.5, 0.6) is 17.2 Å². The second-order valence-corrected chi connectivity index (χ2v) is 7.67. The summed E-state index contributed by atoms with van der Waals surface area (Å²) in [5.41, 5.74) is 0.565. The highest BCUT2D eigenvalue weighted by Crippen LogP contribution is 2.34. The summed E-state index contributed by atoms with van der Waals surface area (Å²) < 4.78 is 15.3. The Morgan fingerprint density at radius 2 is 1.60 bits per heavy atom. The molecular weight excluding hydrogens is 452 g/mol. The maximum absolute atomic E-state index is 12.9. The predicted octanol–water partition coefficient (Wildman–Crippen LogP) is 3.11. The Morgan fingerprint density at radius 1 is 1.00 bits per heavy atom. The van der Waals surface area contributed by atoms with Crippen molar-refractivity contribution in [2.75, 3.05) is 20.8 Å². The number of aromatic nitrogens is 1. The summed E-state index contributed by atoms with van der Waals surface area (Å²) in [5.74, 6) is -1.18. The summed E-state index contributed by atoms with van der Waals surface area (Å²) in [7, 11) is 3.10. The molecule has 1 unspecified atom stereocenters. The minimum absolute atomic E-state index is 0.0969. The number of rotatable bonds is 10. The highest BCUT2D eigenvalue weighted by atomic mass is 16.5. The van der Waals surface area contributed by atoms with E-state index in [1.54, 1.807) is 50.4 Å². The molecular formula is C26H28N2O7. The van der Waals surface area contributed by atoms with E-state index in [1.165, 1.54) is 7.11 Å². The fourth-order valence-corrected chi connectivity index (χ4v) is 3.65. The molecule has 3 aromatic rings. The van der Waals surface area contributed by atoms with Gasteiger partial charge in [0.15, 0.2) is 0 Å². The van der Waals surface area contributed by atoms with Gasteiger partial charge < -0.3 is 29.6 Å². The molecule has 1 atom stereocenters. The van der Waals surface area contributed by atoms with Gasteiger partial charge >= 0.3 is 5.97 Å². The van der Waals surface area contributed by atoms with E-state index in [-0.39, 0.29) is 36.6 Å². The molecule has 0 saturated heterocycles. The molecule has 0 radical (unpaired) electrons. The molecule has 9 nitrogen and oxygen atoms in total. The van der Waals surface area contributed by atoms with Crippen LogP contribution in [0.15, 0.2) is 59.5 Å². The first-order valence-corrected chi connectivity index (χ1v) is 11.0. The molecule has 0 aliphatic heterocycles. The fraction of sp³-hybridized carbons (Fsp3) is 0.269. The molecule has 0 aliphatic carbocycles. The standard InChI is InChI=1S/C26H28N2O7/c1-4-35-26(32)21-15-28-25(31)23(24(21)30)20(17-7-11-19(34-3)12-8-17)13-22(29)27-14-16-5-9-18(33-2)10-6-16/h5-12,15,20H,4,13-14H2,1-3H3,(H,27,29)(H2,28,30,31). The molecule has 0 bridgehead atoms. The van der Waals surface area contributed by atoms with Gasteiger partial charge in [0.05, 0.1) is 26.4 Å². The molecule has 0 spiro atoms. The van der Waals surface area contributed by atoms with Crippen molar-refractivity contribution in [3.05, 3.63) is 87.3 Å². The number of methoxy groups -OCH3 is 2. The number of ether oxygens (including phenoxy) is 3. The number of aromatic amines is 1. The van der Waals surface area contributed by atoms with Gasteiger partial charge in [-0.3, -0.25) is 9.59 Å². The number of esters is 1. The highest BCUT2D eigenvalue weighted by molar-refractivity contribution is 5.92. The topological polar surface area (TPSA) is 127 Å². The van der Waals surface area contributed by atoms with Crippen molar-refractivity contribution in [2.24, 2.45) is 0 Å². The van der Waals surface area contributed by atoms with Crippen LogP contribution in [0.1, 0.15) is 46.3 Å². The zero-order valence-electron chi connectivity index (χ0n) is 19.8. The fourth-order valence-electron chi connectivity index (χ4n) is 3.65. The lowest BCUT2D eigenvalue weighted by atomic mass is 9.87. The summed E-state index contributed by atoms with van der Waals surface area (Å²) in [5, 5.41) is 13.7. The van der Waals surface area contributed by atoms with E-state index in [0.717, 1.165) is 11.8 Å². The Balaban J connectivity index is 1.92. The van der Waals surface area contributed by atoms with Crippen molar-refractivity contribution in [3.63, 3.8) is 0 Å². The van der Waals surface area contributed by atoms with Gasteiger partial charge in [0.2, 0.25) is 5.91 Å². The third-order valence-corrected chi connectivity index (χ3v) is 5.50. The number of benzene rings is 2. The van der Waals surface area contributed by atoms with Crippen molar-refractivity contribution < 1.29 is 28.9 Å². The van der Waals surface area contributed by atoms with Crippen LogP contribution in [0, 0.1) is 0 Å². The van der Waals surface area contributed by atoms with Gasteiger partial charge in [-0.15, -0.1) is 0 Å². The maximum atomic E-state index is 12.9. The van der Waals surface area contributed by atoms with Crippen molar-refractivity contribution in [3.8, 4) is 17.2 Å². The van der Waals surface area contributed by atoms with Crippen LogP contribution < -0.4 is 20.3 Å². The summed E-state index contributed by atoms with van der Waals surface area (Å²) in [6, 6.07) is 14.0. The number of amides is 1. The second-order valence-electron chi connectivity index (χ2n) is 7.67. The van der Waals surface area contributed by atoms with Crippen LogP contribution in [0.3, 0.4) is 0 Å². The van der Waals surface area contributed by atoms with E-state index in [9.17, 15) is 19.5 Å². The van der Waals surface area contributed by atoms with Gasteiger partial charge in [-0.2, -0.15) is 0 Å². The summed E-state index contributed by atoms with van der Waals surface area (Å²) in [4.78, 5) is 40.5. The predicted molar refractivity (Wildman–Crippen MR) is 129 cm³/mol. The number of hydrogen-bond donors (Lipinski definition) is 3. The van der Waals surface area contributed by atoms with E-state index < -0.39 is 23.2 Å². The highest BCUT2D eigenvalue weighted by Gasteiger charge is 2.28. The second kappa shape index (κ2) is 11.7. The van der Waals surface area contributed by atoms with Crippen molar-refractivity contribution >= 4 is 11.9 Å². The average Bonchev–Trinajstić information content (AvgIpc) is 2.87. The quantitative estimate of drug-likeness (QED) is 0.381. The minimum atomic E-state index is -0.838. The van der Waals surface area contributed by atoms with E-state index in [2.05, 4.69) is 10.3 Å². The first-order chi connectivity index (χ1) is 16.9. The number of pyridine rings is 1. The normalized spacial score (nSPS) is 11.4. The van der Waals surface area contributed by atoms with Crippen LogP contribution in [0.4, 0.5) is 0 Å². The number of carbonyl (C=O) groups excluding carboxylic acids is 2. The average molecular weight is 481 g/mol. The Bertz CT molecular complexity index is 1220. The van der Waals surface area contributed by atoms with Crippen LogP contribution in [0.2, 0.25) is 0 Å². The van der Waals surface area contributed by atoms with Gasteiger partial charge in [-0.1, -0.05) is 24.3 Å². The molecule has 3 N–H and O–H groups in total. The maximum Gasteiger partial charge on any atom is 0.343 e. The summed E-state index contributed by atoms with van der Waals surface area (Å²) >= 11 is 0. The van der Waals surface area contributed by atoms with Crippen LogP contribution in [0.25, 0.3) is 0 Å². The molecule has 0 aliphatic rings. The Labute approximate surface area is 202 Å². The van der Waals surface area contributed by atoms with Gasteiger partial charge in [0, 0.05) is 25.1 Å². The van der Waals surface area contributed by atoms with E-state index in [0.29, 0.717) is 17.1 Å². The molecule has 0 saturated carbocycles. The molecule has 9 heteroatoms. The van der Waals surface area contributed by atoms with Gasteiger partial charge in [-0.25, -0.2) is 4.79 Å². The number of carbonyl (C=O) groups is 2. The molecule has 0 fully saturated rings. The third kappa shape index (κ3) is 6.20. The number of nitrogens with one attached hydrogen (secondary N) is 2. The third-order valence-electron chi connectivity index (χ3n) is 5.50. The zero-order valence-corrected chi connectivity index (χ0v) is 19.8. The molecule has 184 valence electrons. The van der Waals surface area contributed by atoms with E-state index in [1.807, 2.05) is 12.1 Å². The van der Waals surface area contributed by atoms with E-state index >= 15 is 0 Å². The van der Waals surface area contributed by atoms with Crippen LogP contribution >= 0.6 is 0 Å². The lowest BCUT2D eigenvalue weighted by Gasteiger charge is -2.19.